The third kappa shape index (κ3) is 6.39. The standard InChI is InChI=1S/C15H29NO3/c1-4-5-12-19-13(14(17)18)6-9-16-10-7-15(2,3)8-11-16/h13H,4-12H2,1-3H3,(H,17,18)/t13-/m0/s1. The molecule has 0 aromatic carbocycles. The van der Waals surface area contributed by atoms with E-state index in [0.29, 0.717) is 18.4 Å². The molecule has 1 atom stereocenters. The first-order valence-corrected chi connectivity index (χ1v) is 7.51. The molecule has 112 valence electrons. The molecule has 0 radical (unpaired) electrons. The van der Waals surface area contributed by atoms with E-state index in [1.165, 1.54) is 12.8 Å². The van der Waals surface area contributed by atoms with Gasteiger partial charge >= 0.3 is 5.97 Å². The van der Waals surface area contributed by atoms with E-state index in [2.05, 4.69) is 25.7 Å². The van der Waals surface area contributed by atoms with Crippen LogP contribution in [0.15, 0.2) is 0 Å². The fraction of sp³-hybridized carbons (Fsp3) is 0.933. The summed E-state index contributed by atoms with van der Waals surface area (Å²) in [5.41, 5.74) is 0.445. The Labute approximate surface area is 117 Å². The second-order valence-corrected chi connectivity index (χ2v) is 6.35. The molecular weight excluding hydrogens is 242 g/mol. The van der Waals surface area contributed by atoms with E-state index in [1.807, 2.05) is 0 Å². The van der Waals surface area contributed by atoms with E-state index in [0.717, 1.165) is 32.5 Å². The maximum atomic E-state index is 11.1. The summed E-state index contributed by atoms with van der Waals surface area (Å²) in [7, 11) is 0. The molecule has 0 saturated carbocycles. The molecule has 1 N–H and O–H groups in total. The highest BCUT2D eigenvalue weighted by molar-refractivity contribution is 5.72. The van der Waals surface area contributed by atoms with E-state index in [1.54, 1.807) is 0 Å². The predicted molar refractivity (Wildman–Crippen MR) is 76.4 cm³/mol. The Balaban J connectivity index is 2.26. The number of carbonyl (C=O) groups is 1. The van der Waals surface area contributed by atoms with Gasteiger partial charge in [-0.1, -0.05) is 27.2 Å². The first-order valence-electron chi connectivity index (χ1n) is 7.51. The van der Waals surface area contributed by atoms with Crippen molar-refractivity contribution in [3.8, 4) is 0 Å². The molecule has 1 aliphatic rings. The topological polar surface area (TPSA) is 49.8 Å². The van der Waals surface area contributed by atoms with Crippen molar-refractivity contribution in [1.29, 1.82) is 0 Å². The lowest BCUT2D eigenvalue weighted by Crippen LogP contribution is -2.39. The average Bonchev–Trinajstić information content (AvgIpc) is 2.34. The Bertz CT molecular complexity index is 269. The second kappa shape index (κ2) is 7.85. The van der Waals surface area contributed by atoms with Crippen LogP contribution < -0.4 is 0 Å². The number of nitrogens with zero attached hydrogens (tertiary/aromatic N) is 1. The summed E-state index contributed by atoms with van der Waals surface area (Å²) in [5, 5.41) is 9.14. The van der Waals surface area contributed by atoms with Gasteiger partial charge in [-0.25, -0.2) is 4.79 Å². The lowest BCUT2D eigenvalue weighted by atomic mass is 9.82. The van der Waals surface area contributed by atoms with Crippen LogP contribution in [-0.2, 0) is 9.53 Å². The van der Waals surface area contributed by atoms with Crippen LogP contribution in [0.2, 0.25) is 0 Å². The van der Waals surface area contributed by atoms with Gasteiger partial charge in [0, 0.05) is 13.2 Å². The van der Waals surface area contributed by atoms with E-state index >= 15 is 0 Å². The number of carboxylic acid groups (broad SMARTS) is 1. The highest BCUT2D eigenvalue weighted by Gasteiger charge is 2.26. The summed E-state index contributed by atoms with van der Waals surface area (Å²) in [6.45, 7) is 10.2. The van der Waals surface area contributed by atoms with Crippen LogP contribution in [0, 0.1) is 5.41 Å². The van der Waals surface area contributed by atoms with E-state index in [9.17, 15) is 4.79 Å². The fourth-order valence-electron chi connectivity index (χ4n) is 2.33. The number of aliphatic carboxylic acids is 1. The molecule has 0 aromatic rings. The quantitative estimate of drug-likeness (QED) is 0.690. The number of likely N-dealkylation sites (tertiary alicyclic amines) is 1. The number of hydrogen-bond acceptors (Lipinski definition) is 3. The molecule has 1 aliphatic heterocycles. The molecule has 0 unspecified atom stereocenters. The van der Waals surface area contributed by atoms with Gasteiger partial charge in [0.2, 0.25) is 0 Å². The van der Waals surface area contributed by atoms with Crippen molar-refractivity contribution in [3.63, 3.8) is 0 Å². The maximum absolute atomic E-state index is 11.1. The molecule has 1 rings (SSSR count). The summed E-state index contributed by atoms with van der Waals surface area (Å²) in [6.07, 6.45) is 4.32. The smallest absolute Gasteiger partial charge is 0.332 e. The summed E-state index contributed by atoms with van der Waals surface area (Å²) in [5.74, 6) is -0.826. The Kier molecular flexibility index (Phi) is 6.80. The molecule has 1 heterocycles. The van der Waals surface area contributed by atoms with Gasteiger partial charge in [-0.15, -0.1) is 0 Å². The SMILES string of the molecule is CCCCO[C@@H](CCN1CCC(C)(C)CC1)C(=O)O. The summed E-state index contributed by atoms with van der Waals surface area (Å²) in [6, 6.07) is 0. The van der Waals surface area contributed by atoms with Crippen molar-refractivity contribution in [2.45, 2.75) is 59.0 Å². The first-order chi connectivity index (χ1) is 8.94. The van der Waals surface area contributed by atoms with Crippen LogP contribution in [0.3, 0.4) is 0 Å². The van der Waals surface area contributed by atoms with Crippen molar-refractivity contribution in [1.82, 2.24) is 4.90 Å². The minimum Gasteiger partial charge on any atom is -0.479 e. The molecule has 0 aromatic heterocycles. The summed E-state index contributed by atoms with van der Waals surface area (Å²) >= 11 is 0. The van der Waals surface area contributed by atoms with Gasteiger partial charge in [-0.2, -0.15) is 0 Å². The molecule has 1 fully saturated rings. The fourth-order valence-corrected chi connectivity index (χ4v) is 2.33. The van der Waals surface area contributed by atoms with Crippen LogP contribution in [0.5, 0.6) is 0 Å². The molecule has 4 heteroatoms. The Morgan fingerprint density at radius 1 is 1.37 bits per heavy atom. The summed E-state index contributed by atoms with van der Waals surface area (Å²) < 4.78 is 5.45. The zero-order valence-corrected chi connectivity index (χ0v) is 12.7. The van der Waals surface area contributed by atoms with Gasteiger partial charge in [0.05, 0.1) is 0 Å². The number of hydrogen-bond donors (Lipinski definition) is 1. The predicted octanol–water partition coefficient (Wildman–Crippen LogP) is 2.77. The number of unbranched alkanes of at least 4 members (excludes halogenated alkanes) is 1. The number of rotatable bonds is 8. The molecule has 0 amide bonds. The van der Waals surface area contributed by atoms with Crippen LogP contribution >= 0.6 is 0 Å². The van der Waals surface area contributed by atoms with Crippen molar-refractivity contribution in [2.24, 2.45) is 5.41 Å². The lowest BCUT2D eigenvalue weighted by Gasteiger charge is -2.37. The highest BCUT2D eigenvalue weighted by Crippen LogP contribution is 2.29. The van der Waals surface area contributed by atoms with Crippen molar-refractivity contribution >= 4 is 5.97 Å². The van der Waals surface area contributed by atoms with E-state index in [4.69, 9.17) is 9.84 Å². The largest absolute Gasteiger partial charge is 0.479 e. The van der Waals surface area contributed by atoms with E-state index < -0.39 is 12.1 Å². The first kappa shape index (κ1) is 16.4. The minimum absolute atomic E-state index is 0.445. The molecule has 0 bridgehead atoms. The number of carboxylic acids is 1. The summed E-state index contributed by atoms with van der Waals surface area (Å²) in [4.78, 5) is 13.5. The third-order valence-electron chi connectivity index (χ3n) is 4.01. The zero-order valence-electron chi connectivity index (χ0n) is 12.7. The molecule has 0 spiro atoms. The third-order valence-corrected chi connectivity index (χ3v) is 4.01. The van der Waals surface area contributed by atoms with Crippen LogP contribution in [0.1, 0.15) is 52.9 Å². The van der Waals surface area contributed by atoms with Crippen LogP contribution in [0.4, 0.5) is 0 Å². The van der Waals surface area contributed by atoms with Gasteiger partial charge in [0.25, 0.3) is 0 Å². The normalized spacial score (nSPS) is 21.2. The van der Waals surface area contributed by atoms with Crippen molar-refractivity contribution in [2.75, 3.05) is 26.2 Å². The number of piperidine rings is 1. The van der Waals surface area contributed by atoms with Crippen molar-refractivity contribution < 1.29 is 14.6 Å². The molecular formula is C15H29NO3. The molecule has 4 nitrogen and oxygen atoms in total. The second-order valence-electron chi connectivity index (χ2n) is 6.35. The monoisotopic (exact) mass is 271 g/mol. The zero-order chi connectivity index (χ0) is 14.3. The van der Waals surface area contributed by atoms with Gasteiger partial charge in [0.15, 0.2) is 6.10 Å². The Hall–Kier alpha value is -0.610. The van der Waals surface area contributed by atoms with Gasteiger partial charge in [-0.05, 0) is 44.2 Å². The molecule has 19 heavy (non-hydrogen) atoms. The highest BCUT2D eigenvalue weighted by atomic mass is 16.5. The van der Waals surface area contributed by atoms with Crippen LogP contribution in [-0.4, -0.2) is 48.3 Å². The molecule has 1 saturated heterocycles. The van der Waals surface area contributed by atoms with Crippen molar-refractivity contribution in [3.05, 3.63) is 0 Å². The van der Waals surface area contributed by atoms with Gasteiger partial charge < -0.3 is 14.7 Å². The Morgan fingerprint density at radius 2 is 2.00 bits per heavy atom. The average molecular weight is 271 g/mol. The van der Waals surface area contributed by atoms with Gasteiger partial charge in [0.1, 0.15) is 0 Å². The minimum atomic E-state index is -0.826. The van der Waals surface area contributed by atoms with E-state index in [-0.39, 0.29) is 0 Å². The van der Waals surface area contributed by atoms with Crippen LogP contribution in [0.25, 0.3) is 0 Å². The number of ether oxygens (including phenoxy) is 1. The molecule has 0 aliphatic carbocycles. The lowest BCUT2D eigenvalue weighted by molar-refractivity contribution is -0.151. The maximum Gasteiger partial charge on any atom is 0.332 e. The Morgan fingerprint density at radius 3 is 2.53 bits per heavy atom. The van der Waals surface area contributed by atoms with Gasteiger partial charge in [-0.3, -0.25) is 0 Å².